The Labute approximate surface area is 185 Å². The van der Waals surface area contributed by atoms with Crippen LogP contribution in [0.15, 0.2) is 41.7 Å². The maximum Gasteiger partial charge on any atom is 0.235 e. The molecule has 2 aromatic heterocycles. The van der Waals surface area contributed by atoms with Crippen molar-refractivity contribution in [2.24, 2.45) is 0 Å². The molecular weight excluding hydrogens is 422 g/mol. The van der Waals surface area contributed by atoms with E-state index in [1.54, 1.807) is 16.9 Å². The van der Waals surface area contributed by atoms with Crippen molar-refractivity contribution in [1.82, 2.24) is 29.4 Å². The number of rotatable bonds is 8. The van der Waals surface area contributed by atoms with Gasteiger partial charge >= 0.3 is 0 Å². The second kappa shape index (κ2) is 9.63. The average Bonchev–Trinajstić information content (AvgIpc) is 3.33. The molecule has 0 aliphatic heterocycles. The van der Waals surface area contributed by atoms with Gasteiger partial charge in [-0.3, -0.25) is 14.3 Å². The number of halogens is 1. The van der Waals surface area contributed by atoms with E-state index in [1.165, 1.54) is 11.8 Å². The Morgan fingerprint density at radius 1 is 1.17 bits per heavy atom. The van der Waals surface area contributed by atoms with Crippen molar-refractivity contribution in [3.8, 4) is 5.69 Å². The van der Waals surface area contributed by atoms with Crippen molar-refractivity contribution >= 4 is 35.1 Å². The first-order valence-corrected chi connectivity index (χ1v) is 11.0. The summed E-state index contributed by atoms with van der Waals surface area (Å²) in [6, 6.07) is 9.48. The Balaban J connectivity index is 1.81. The second-order valence-corrected chi connectivity index (χ2v) is 8.76. The van der Waals surface area contributed by atoms with Crippen LogP contribution in [0.4, 0.5) is 5.82 Å². The van der Waals surface area contributed by atoms with Crippen LogP contribution in [0.2, 0.25) is 5.02 Å². The molecule has 0 spiro atoms. The molecule has 0 fully saturated rings. The largest absolute Gasteiger partial charge is 0.310 e. The number of carbonyl (C=O) groups excluding carboxylic acids is 1. The van der Waals surface area contributed by atoms with Gasteiger partial charge in [-0.25, -0.2) is 4.68 Å². The number of aromatic nitrogens is 5. The van der Waals surface area contributed by atoms with E-state index in [0.717, 1.165) is 11.5 Å². The van der Waals surface area contributed by atoms with Gasteiger partial charge < -0.3 is 5.32 Å². The summed E-state index contributed by atoms with van der Waals surface area (Å²) in [7, 11) is 3.98. The molecule has 1 aromatic carbocycles. The predicted octanol–water partition coefficient (Wildman–Crippen LogP) is 4.05. The fraction of sp³-hybridized carbons (Fsp3) is 0.400. The molecular formula is C20H26ClN7OS. The third kappa shape index (κ3) is 5.03. The van der Waals surface area contributed by atoms with Gasteiger partial charge in [-0.1, -0.05) is 23.4 Å². The number of carbonyl (C=O) groups is 1. The lowest BCUT2D eigenvalue weighted by Gasteiger charge is -2.20. The quantitative estimate of drug-likeness (QED) is 0.524. The van der Waals surface area contributed by atoms with Crippen LogP contribution in [0.25, 0.3) is 5.69 Å². The number of benzene rings is 1. The fourth-order valence-electron chi connectivity index (χ4n) is 2.84. The van der Waals surface area contributed by atoms with Gasteiger partial charge in [-0.2, -0.15) is 5.10 Å². The highest BCUT2D eigenvalue weighted by Gasteiger charge is 2.21. The van der Waals surface area contributed by atoms with Gasteiger partial charge in [0.05, 0.1) is 18.0 Å². The first-order valence-electron chi connectivity index (χ1n) is 9.61. The van der Waals surface area contributed by atoms with Crippen LogP contribution >= 0.6 is 23.4 Å². The van der Waals surface area contributed by atoms with Gasteiger partial charge in [0.1, 0.15) is 5.82 Å². The number of anilines is 1. The SMILES string of the molecule is CC(c1nnc(SCC(=O)Nc2ccnn2C(C)C)n1-c1ccc(Cl)cc1)N(C)C. The van der Waals surface area contributed by atoms with Gasteiger partial charge in [0, 0.05) is 22.8 Å². The third-order valence-electron chi connectivity index (χ3n) is 4.65. The van der Waals surface area contributed by atoms with E-state index in [2.05, 4.69) is 32.4 Å². The summed E-state index contributed by atoms with van der Waals surface area (Å²) in [5.74, 6) is 1.54. The molecule has 1 amide bonds. The van der Waals surface area contributed by atoms with Gasteiger partial charge in [0.2, 0.25) is 5.91 Å². The lowest BCUT2D eigenvalue weighted by Crippen LogP contribution is -2.21. The highest BCUT2D eigenvalue weighted by atomic mass is 35.5. The summed E-state index contributed by atoms with van der Waals surface area (Å²) in [6.07, 6.45) is 1.68. The van der Waals surface area contributed by atoms with E-state index in [9.17, 15) is 4.79 Å². The maximum absolute atomic E-state index is 12.5. The first-order chi connectivity index (χ1) is 14.3. The standard InChI is InChI=1S/C20H26ClN7OS/c1-13(2)28-17(10-11-22-28)23-18(29)12-30-20-25-24-19(14(3)26(4)5)27(20)16-8-6-15(21)7-9-16/h6-11,13-14H,12H2,1-5H3,(H,23,29). The van der Waals surface area contributed by atoms with Gasteiger partial charge in [0.25, 0.3) is 0 Å². The smallest absolute Gasteiger partial charge is 0.235 e. The van der Waals surface area contributed by atoms with Crippen molar-refractivity contribution in [3.05, 3.63) is 47.4 Å². The van der Waals surface area contributed by atoms with Crippen LogP contribution in [0.3, 0.4) is 0 Å². The summed E-state index contributed by atoms with van der Waals surface area (Å²) < 4.78 is 3.74. The van der Waals surface area contributed by atoms with Crippen LogP contribution < -0.4 is 5.32 Å². The minimum absolute atomic E-state index is 0.0387. The minimum atomic E-state index is -0.129. The number of hydrogen-bond acceptors (Lipinski definition) is 6. The van der Waals surface area contributed by atoms with Crippen molar-refractivity contribution in [2.75, 3.05) is 25.2 Å². The van der Waals surface area contributed by atoms with Crippen molar-refractivity contribution < 1.29 is 4.79 Å². The average molecular weight is 448 g/mol. The van der Waals surface area contributed by atoms with Crippen LogP contribution in [0.5, 0.6) is 0 Å². The Morgan fingerprint density at radius 3 is 2.50 bits per heavy atom. The van der Waals surface area contributed by atoms with E-state index in [4.69, 9.17) is 11.6 Å². The van der Waals surface area contributed by atoms with Gasteiger partial charge in [0.15, 0.2) is 11.0 Å². The highest BCUT2D eigenvalue weighted by Crippen LogP contribution is 2.27. The number of thioether (sulfide) groups is 1. The molecule has 10 heteroatoms. The summed E-state index contributed by atoms with van der Waals surface area (Å²) in [4.78, 5) is 14.6. The summed E-state index contributed by atoms with van der Waals surface area (Å²) >= 11 is 7.39. The molecule has 0 aliphatic carbocycles. The molecule has 8 nitrogen and oxygen atoms in total. The van der Waals surface area contributed by atoms with E-state index in [-0.39, 0.29) is 23.7 Å². The molecule has 30 heavy (non-hydrogen) atoms. The number of hydrogen-bond donors (Lipinski definition) is 1. The monoisotopic (exact) mass is 447 g/mol. The minimum Gasteiger partial charge on any atom is -0.310 e. The maximum atomic E-state index is 12.5. The van der Waals surface area contributed by atoms with Gasteiger partial charge in [-0.15, -0.1) is 10.2 Å². The van der Waals surface area contributed by atoms with Crippen LogP contribution in [-0.4, -0.2) is 55.2 Å². The predicted molar refractivity (Wildman–Crippen MR) is 120 cm³/mol. The summed E-state index contributed by atoms with van der Waals surface area (Å²) in [6.45, 7) is 6.09. The number of amides is 1. The molecule has 1 N–H and O–H groups in total. The Bertz CT molecular complexity index is 997. The molecule has 1 atom stereocenters. The van der Waals surface area contributed by atoms with E-state index in [0.29, 0.717) is 16.0 Å². The first kappa shape index (κ1) is 22.3. The van der Waals surface area contributed by atoms with Crippen molar-refractivity contribution in [3.63, 3.8) is 0 Å². The van der Waals surface area contributed by atoms with Crippen LogP contribution in [0.1, 0.15) is 38.7 Å². The lowest BCUT2D eigenvalue weighted by atomic mass is 10.2. The zero-order valence-electron chi connectivity index (χ0n) is 17.7. The zero-order chi connectivity index (χ0) is 21.8. The van der Waals surface area contributed by atoms with E-state index >= 15 is 0 Å². The molecule has 2 heterocycles. The molecule has 0 bridgehead atoms. The molecule has 0 aliphatic rings. The number of nitrogens with zero attached hydrogens (tertiary/aromatic N) is 6. The Hall–Kier alpha value is -2.36. The van der Waals surface area contributed by atoms with E-state index < -0.39 is 0 Å². The van der Waals surface area contributed by atoms with Gasteiger partial charge in [-0.05, 0) is 59.1 Å². The molecule has 3 aromatic rings. The van der Waals surface area contributed by atoms with Crippen LogP contribution in [-0.2, 0) is 4.79 Å². The molecule has 1 unspecified atom stereocenters. The topological polar surface area (TPSA) is 80.9 Å². The molecule has 160 valence electrons. The Kier molecular flexibility index (Phi) is 7.17. The molecule has 0 saturated heterocycles. The highest BCUT2D eigenvalue weighted by molar-refractivity contribution is 7.99. The zero-order valence-corrected chi connectivity index (χ0v) is 19.3. The molecule has 0 radical (unpaired) electrons. The molecule has 3 rings (SSSR count). The van der Waals surface area contributed by atoms with Crippen LogP contribution in [0, 0.1) is 0 Å². The van der Waals surface area contributed by atoms with Crippen molar-refractivity contribution in [1.29, 1.82) is 0 Å². The normalized spacial score (nSPS) is 12.5. The third-order valence-corrected chi connectivity index (χ3v) is 5.83. The lowest BCUT2D eigenvalue weighted by molar-refractivity contribution is -0.113. The molecule has 0 saturated carbocycles. The summed E-state index contributed by atoms with van der Waals surface area (Å²) in [5.41, 5.74) is 0.897. The van der Waals surface area contributed by atoms with Crippen molar-refractivity contribution in [2.45, 2.75) is 38.0 Å². The fourth-order valence-corrected chi connectivity index (χ4v) is 3.73. The number of nitrogens with one attached hydrogen (secondary N) is 1. The summed E-state index contributed by atoms with van der Waals surface area (Å²) in [5, 5.41) is 17.2. The van der Waals surface area contributed by atoms with E-state index in [1.807, 2.05) is 56.8 Å². The second-order valence-electron chi connectivity index (χ2n) is 7.38. The Morgan fingerprint density at radius 2 is 1.87 bits per heavy atom.